The molecule has 0 radical (unpaired) electrons. The maximum absolute atomic E-state index is 14.7. The van der Waals surface area contributed by atoms with Gasteiger partial charge in [0.2, 0.25) is 5.91 Å². The SMILES string of the molecule is CC(=O)O[C@@H]1CC[C@]2(C)[C@H](CC[C@]3(C)[C@@H]2C(=O)C=C2[C@@H]4C[C@](C)(C(=O)Nc5ccccc5N([O-])O)CC[C@]4(C)CC[C@]23C)C1(C)C. The quantitative estimate of drug-likeness (QED) is 0.253. The zero-order valence-electron chi connectivity index (χ0n) is 29.0. The van der Waals surface area contributed by atoms with Gasteiger partial charge in [0.15, 0.2) is 5.78 Å². The fourth-order valence-electron chi connectivity index (χ4n) is 11.8. The Morgan fingerprint density at radius 1 is 0.957 bits per heavy atom. The molecule has 5 aliphatic rings. The van der Waals surface area contributed by atoms with E-state index in [9.17, 15) is 24.8 Å². The Morgan fingerprint density at radius 3 is 2.30 bits per heavy atom. The van der Waals surface area contributed by atoms with Gasteiger partial charge in [-0.25, -0.2) is 0 Å². The Kier molecular flexibility index (Phi) is 7.68. The number of benzene rings is 1. The average Bonchev–Trinajstić information content (AvgIpc) is 2.96. The number of para-hydroxylation sites is 2. The van der Waals surface area contributed by atoms with Crippen LogP contribution in [0.5, 0.6) is 0 Å². The maximum Gasteiger partial charge on any atom is 0.302 e. The Bertz CT molecular complexity index is 1480. The summed E-state index contributed by atoms with van der Waals surface area (Å²) in [5.41, 5.74) is -0.0246. The van der Waals surface area contributed by atoms with Gasteiger partial charge in [0.25, 0.3) is 0 Å². The Hall–Kier alpha value is -2.71. The maximum atomic E-state index is 14.7. The van der Waals surface area contributed by atoms with E-state index < -0.39 is 5.41 Å². The molecule has 0 aliphatic heterocycles. The van der Waals surface area contributed by atoms with Crippen LogP contribution in [-0.4, -0.2) is 29.0 Å². The summed E-state index contributed by atoms with van der Waals surface area (Å²) in [7, 11) is 0. The van der Waals surface area contributed by atoms with Gasteiger partial charge in [-0.1, -0.05) is 66.2 Å². The van der Waals surface area contributed by atoms with E-state index in [2.05, 4.69) is 46.9 Å². The molecule has 0 saturated heterocycles. The molecule has 4 fully saturated rings. The minimum atomic E-state index is -0.705. The van der Waals surface area contributed by atoms with Crippen molar-refractivity contribution in [2.24, 2.45) is 50.2 Å². The molecule has 1 aromatic carbocycles. The van der Waals surface area contributed by atoms with Crippen LogP contribution in [0, 0.1) is 55.5 Å². The van der Waals surface area contributed by atoms with Crippen LogP contribution in [0.15, 0.2) is 35.9 Å². The smallest absolute Gasteiger partial charge is 0.302 e. The predicted octanol–water partition coefficient (Wildman–Crippen LogP) is 8.23. The number of amides is 1. The number of ether oxygens (including phenoxy) is 1. The Morgan fingerprint density at radius 2 is 1.63 bits per heavy atom. The minimum Gasteiger partial charge on any atom is -0.733 e. The number of anilines is 2. The molecule has 46 heavy (non-hydrogen) atoms. The van der Waals surface area contributed by atoms with Crippen LogP contribution in [0.25, 0.3) is 0 Å². The van der Waals surface area contributed by atoms with Gasteiger partial charge in [-0.05, 0) is 109 Å². The second-order valence-corrected chi connectivity index (χ2v) is 17.5. The van der Waals surface area contributed by atoms with E-state index in [4.69, 9.17) is 4.74 Å². The second-order valence-electron chi connectivity index (χ2n) is 17.5. The van der Waals surface area contributed by atoms with E-state index in [0.717, 1.165) is 44.9 Å². The molecule has 5 aliphatic carbocycles. The Labute approximate surface area is 274 Å². The summed E-state index contributed by atoms with van der Waals surface area (Å²) in [5.74, 6) is 0.0709. The number of nitrogens with zero attached hydrogens (tertiary/aromatic N) is 1. The summed E-state index contributed by atoms with van der Waals surface area (Å²) >= 11 is 0. The first-order valence-electron chi connectivity index (χ1n) is 17.3. The molecule has 1 aromatic rings. The summed E-state index contributed by atoms with van der Waals surface area (Å²) in [6.07, 6.45) is 9.74. The number of allylic oxidation sites excluding steroid dienone is 2. The van der Waals surface area contributed by atoms with Crippen LogP contribution in [-0.2, 0) is 19.1 Å². The fourth-order valence-corrected chi connectivity index (χ4v) is 11.8. The van der Waals surface area contributed by atoms with Gasteiger partial charge in [-0.15, -0.1) is 0 Å². The summed E-state index contributed by atoms with van der Waals surface area (Å²) in [4.78, 5) is 40.6. The minimum absolute atomic E-state index is 0.000874. The number of carbonyl (C=O) groups is 3. The third-order valence-corrected chi connectivity index (χ3v) is 14.7. The lowest BCUT2D eigenvalue weighted by atomic mass is 9.33. The van der Waals surface area contributed by atoms with Crippen molar-refractivity contribution in [1.29, 1.82) is 0 Å². The molecule has 0 heterocycles. The first-order chi connectivity index (χ1) is 21.3. The van der Waals surface area contributed by atoms with Crippen LogP contribution in [0.4, 0.5) is 11.4 Å². The number of fused-ring (bicyclic) bond motifs is 7. The number of rotatable bonds is 4. The number of esters is 1. The van der Waals surface area contributed by atoms with Crippen molar-refractivity contribution in [1.82, 2.24) is 0 Å². The largest absolute Gasteiger partial charge is 0.733 e. The van der Waals surface area contributed by atoms with Crippen molar-refractivity contribution in [3.05, 3.63) is 41.1 Å². The van der Waals surface area contributed by atoms with Crippen LogP contribution < -0.4 is 10.5 Å². The third-order valence-electron chi connectivity index (χ3n) is 14.7. The number of nitrogens with one attached hydrogen (secondary N) is 1. The molecule has 2 N–H and O–H groups in total. The topological polar surface area (TPSA) is 119 Å². The van der Waals surface area contributed by atoms with Gasteiger partial charge in [0.05, 0.1) is 11.4 Å². The number of hydrogen-bond donors (Lipinski definition) is 2. The molecule has 252 valence electrons. The van der Waals surface area contributed by atoms with Crippen molar-refractivity contribution in [3.63, 3.8) is 0 Å². The molecule has 0 bridgehead atoms. The van der Waals surface area contributed by atoms with Gasteiger partial charge < -0.3 is 20.5 Å². The zero-order chi connectivity index (χ0) is 33.7. The lowest BCUT2D eigenvalue weighted by Crippen LogP contribution is -2.66. The summed E-state index contributed by atoms with van der Waals surface area (Å²) in [6, 6.07) is 6.47. The van der Waals surface area contributed by atoms with E-state index >= 15 is 0 Å². The lowest BCUT2D eigenvalue weighted by molar-refractivity contribution is -0.210. The van der Waals surface area contributed by atoms with Gasteiger partial charge >= 0.3 is 5.97 Å². The molecular formula is C38H53N2O6-. The highest BCUT2D eigenvalue weighted by Crippen LogP contribution is 2.75. The Balaban J connectivity index is 1.34. The second kappa shape index (κ2) is 10.6. The molecule has 0 aromatic heterocycles. The van der Waals surface area contributed by atoms with E-state index in [1.54, 1.807) is 18.2 Å². The molecule has 1 amide bonds. The zero-order valence-corrected chi connectivity index (χ0v) is 29.0. The highest BCUT2D eigenvalue weighted by molar-refractivity contribution is 5.98. The van der Waals surface area contributed by atoms with Crippen molar-refractivity contribution < 1.29 is 24.3 Å². The molecule has 4 saturated carbocycles. The molecule has 9 atom stereocenters. The molecular weight excluding hydrogens is 580 g/mol. The van der Waals surface area contributed by atoms with E-state index in [1.807, 2.05) is 13.0 Å². The van der Waals surface area contributed by atoms with Crippen LogP contribution in [0.2, 0.25) is 0 Å². The number of hydrogen-bond acceptors (Lipinski definition) is 7. The van der Waals surface area contributed by atoms with Crippen molar-refractivity contribution in [2.45, 2.75) is 119 Å². The highest BCUT2D eigenvalue weighted by Gasteiger charge is 2.70. The van der Waals surface area contributed by atoms with Gasteiger partial charge in [0, 0.05) is 23.7 Å². The monoisotopic (exact) mass is 633 g/mol. The number of carbonyl (C=O) groups excluding carboxylic acids is 3. The van der Waals surface area contributed by atoms with Crippen LogP contribution in [0.3, 0.4) is 0 Å². The standard InChI is InChI=1S/C38H53N2O6/c1-23(41)46-30-14-15-36(6)29(33(30,2)3)13-16-38(8)31(36)28(42)21-24-25-22-35(5,18-17-34(25,4)19-20-37(24,38)7)32(43)39-26-11-9-10-12-27(26)40(44)45/h9-12,21,25,29-31,44H,13-20,22H2,1-8H3,(H,39,43)/q-1/t25-,29+,30+,31+,34+,35+,36+,37+,38+/m0/s1. The molecule has 0 spiro atoms. The predicted molar refractivity (Wildman–Crippen MR) is 178 cm³/mol. The lowest BCUT2D eigenvalue weighted by Gasteiger charge is -2.70. The van der Waals surface area contributed by atoms with Crippen molar-refractivity contribution >= 4 is 29.0 Å². The van der Waals surface area contributed by atoms with E-state index in [-0.39, 0.29) is 85.2 Å². The van der Waals surface area contributed by atoms with Crippen LogP contribution >= 0.6 is 0 Å². The van der Waals surface area contributed by atoms with Gasteiger partial charge in [-0.3, -0.25) is 19.6 Å². The molecule has 0 unspecified atom stereocenters. The summed E-state index contributed by atoms with van der Waals surface area (Å²) in [5, 5.41) is 24.1. The van der Waals surface area contributed by atoms with E-state index in [0.29, 0.717) is 12.8 Å². The van der Waals surface area contributed by atoms with Crippen molar-refractivity contribution in [2.75, 3.05) is 10.5 Å². The molecule has 6 rings (SSSR count). The van der Waals surface area contributed by atoms with Crippen molar-refractivity contribution in [3.8, 4) is 0 Å². The fraction of sp³-hybridized carbons (Fsp3) is 0.711. The van der Waals surface area contributed by atoms with Gasteiger partial charge in [-0.2, -0.15) is 0 Å². The third kappa shape index (κ3) is 4.63. The molecule has 8 heteroatoms. The van der Waals surface area contributed by atoms with Gasteiger partial charge in [0.1, 0.15) is 6.10 Å². The first-order valence-corrected chi connectivity index (χ1v) is 17.3. The first kappa shape index (κ1) is 33.2. The summed E-state index contributed by atoms with van der Waals surface area (Å²) in [6.45, 7) is 17.4. The van der Waals surface area contributed by atoms with E-state index in [1.165, 1.54) is 18.6 Å². The number of ketones is 1. The molecule has 8 nitrogen and oxygen atoms in total. The summed E-state index contributed by atoms with van der Waals surface area (Å²) < 4.78 is 5.86. The normalized spacial score (nSPS) is 42.7. The average molecular weight is 634 g/mol. The van der Waals surface area contributed by atoms with Crippen LogP contribution in [0.1, 0.15) is 113 Å². The highest BCUT2D eigenvalue weighted by atomic mass is 16.8.